The first-order chi connectivity index (χ1) is 22.7. The molecule has 46 heavy (non-hydrogen) atoms. The average molecular weight is 644 g/mol. The second kappa shape index (κ2) is 18.3. The zero-order chi connectivity index (χ0) is 32.4. The fourth-order valence-electron chi connectivity index (χ4n) is 4.70. The van der Waals surface area contributed by atoms with E-state index in [4.69, 9.17) is 4.20 Å². The molecule has 0 aliphatic carbocycles. The zero-order valence-electron chi connectivity index (χ0n) is 25.2. The predicted molar refractivity (Wildman–Crippen MR) is 184 cm³/mol. The Kier molecular flexibility index (Phi) is 13.3. The van der Waals surface area contributed by atoms with E-state index in [-0.39, 0.29) is 11.5 Å². The Bertz CT molecular complexity index is 1720. The molecular formula is C40H34MnN3O2. The van der Waals surface area contributed by atoms with Crippen LogP contribution in [-0.2, 0) is 28.7 Å². The molecule has 0 aromatic heterocycles. The summed E-state index contributed by atoms with van der Waals surface area (Å²) in [5.74, 6) is 0.538. The van der Waals surface area contributed by atoms with Crippen LogP contribution in [0, 0.1) is 4.20 Å². The standard InChI is InChI=1S/2C20H17NO.Mn.N/c2*22-20-18(15-21-14-16-8-3-1-4-9-16)12-7-13-19(20)17-10-5-2-6-11-17;;/h2*1-13,15,22H,14H2;;. The number of nitrogens with zero attached hydrogens (tertiary/aromatic N) is 3. The van der Waals surface area contributed by atoms with Gasteiger partial charge in [0.2, 0.25) is 0 Å². The molecule has 0 amide bonds. The summed E-state index contributed by atoms with van der Waals surface area (Å²) in [4.78, 5) is 8.84. The molecular weight excluding hydrogens is 609 g/mol. The third-order valence-electron chi connectivity index (χ3n) is 7.00. The summed E-state index contributed by atoms with van der Waals surface area (Å²) in [6.07, 6.45) is 3.46. The average Bonchev–Trinajstić information content (AvgIpc) is 3.13. The van der Waals surface area contributed by atoms with Crippen molar-refractivity contribution in [3.05, 3.63) is 180 Å². The Balaban J connectivity index is 0.000000198. The van der Waals surface area contributed by atoms with Crippen LogP contribution in [0.4, 0.5) is 0 Å². The van der Waals surface area contributed by atoms with Gasteiger partial charge in [0.15, 0.2) is 0 Å². The van der Waals surface area contributed by atoms with E-state index in [2.05, 4.69) is 9.98 Å². The minimum atomic E-state index is 0.269. The first-order valence-electron chi connectivity index (χ1n) is 14.7. The van der Waals surface area contributed by atoms with Gasteiger partial charge in [0.25, 0.3) is 0 Å². The molecule has 0 spiro atoms. The van der Waals surface area contributed by atoms with Crippen molar-refractivity contribution >= 4 is 12.4 Å². The maximum absolute atomic E-state index is 10.4. The number of hydrogen-bond donors (Lipinski definition) is 2. The van der Waals surface area contributed by atoms with Crippen LogP contribution in [0.1, 0.15) is 22.3 Å². The van der Waals surface area contributed by atoms with Crippen molar-refractivity contribution in [1.29, 1.82) is 4.20 Å². The molecule has 6 aromatic rings. The van der Waals surface area contributed by atoms with E-state index in [0.717, 1.165) is 44.5 Å². The van der Waals surface area contributed by atoms with Crippen molar-refractivity contribution < 1.29 is 25.9 Å². The molecule has 0 aliphatic rings. The van der Waals surface area contributed by atoms with Gasteiger partial charge < -0.3 is 10.2 Å². The van der Waals surface area contributed by atoms with Crippen molar-refractivity contribution in [3.8, 4) is 33.8 Å². The molecule has 6 aromatic carbocycles. The SMILES string of the molecule is Oc1c(C=NCc2ccccc2)cccc1-c1ccccc1.Oc1c(C=NCc2ccccc2)cccc1-c1ccccc1.[N]#[Mn]. The summed E-state index contributed by atoms with van der Waals surface area (Å²) in [6.45, 7) is 1.21. The van der Waals surface area contributed by atoms with E-state index in [1.165, 1.54) is 0 Å². The van der Waals surface area contributed by atoms with E-state index in [1.54, 1.807) is 12.4 Å². The maximum atomic E-state index is 10.4. The van der Waals surface area contributed by atoms with Crippen molar-refractivity contribution in [3.63, 3.8) is 0 Å². The Labute approximate surface area is 278 Å². The molecule has 6 rings (SSSR count). The number of phenolic OH excluding ortho intramolecular Hbond substituents is 2. The zero-order valence-corrected chi connectivity index (χ0v) is 26.4. The number of benzene rings is 6. The molecule has 0 saturated heterocycles. The van der Waals surface area contributed by atoms with Gasteiger partial charge in [-0.15, -0.1) is 0 Å². The third-order valence-corrected chi connectivity index (χ3v) is 7.00. The van der Waals surface area contributed by atoms with Gasteiger partial charge in [0.1, 0.15) is 11.5 Å². The summed E-state index contributed by atoms with van der Waals surface area (Å²) in [5, 5.41) is 20.9. The predicted octanol–water partition coefficient (Wildman–Crippen LogP) is 9.37. The number of phenols is 2. The normalized spacial score (nSPS) is 10.5. The van der Waals surface area contributed by atoms with Crippen LogP contribution < -0.4 is 0 Å². The van der Waals surface area contributed by atoms with Gasteiger partial charge in [-0.05, 0) is 34.4 Å². The van der Waals surface area contributed by atoms with E-state index in [0.29, 0.717) is 13.1 Å². The van der Waals surface area contributed by atoms with Crippen LogP contribution in [0.25, 0.3) is 22.3 Å². The molecule has 2 N–H and O–H groups in total. The quantitative estimate of drug-likeness (QED) is 0.128. The summed E-state index contributed by atoms with van der Waals surface area (Å²) >= 11 is 1.94. The van der Waals surface area contributed by atoms with Crippen molar-refractivity contribution in [2.24, 2.45) is 9.98 Å². The monoisotopic (exact) mass is 643 g/mol. The van der Waals surface area contributed by atoms with Gasteiger partial charge in [-0.1, -0.05) is 146 Å². The van der Waals surface area contributed by atoms with Gasteiger partial charge in [0.05, 0.1) is 13.1 Å². The Morgan fingerprint density at radius 2 is 0.761 bits per heavy atom. The molecule has 0 aliphatic heterocycles. The van der Waals surface area contributed by atoms with E-state index in [1.807, 2.05) is 173 Å². The Hall–Kier alpha value is -5.51. The number of hydrogen-bond acceptors (Lipinski definition) is 5. The number of para-hydroxylation sites is 2. The first-order valence-corrected chi connectivity index (χ1v) is 15.2. The van der Waals surface area contributed by atoms with Crippen LogP contribution in [0.2, 0.25) is 0 Å². The molecule has 0 saturated carbocycles. The summed E-state index contributed by atoms with van der Waals surface area (Å²) in [6, 6.07) is 51.3. The van der Waals surface area contributed by atoms with Gasteiger partial charge >= 0.3 is 19.8 Å². The number of aromatic hydroxyl groups is 2. The van der Waals surface area contributed by atoms with Crippen LogP contribution >= 0.6 is 0 Å². The Morgan fingerprint density at radius 3 is 1.11 bits per heavy atom. The molecule has 0 atom stereocenters. The molecule has 0 fully saturated rings. The van der Waals surface area contributed by atoms with E-state index in [9.17, 15) is 10.2 Å². The summed E-state index contributed by atoms with van der Waals surface area (Å²) in [7, 11) is 0. The van der Waals surface area contributed by atoms with Crippen LogP contribution in [-0.4, -0.2) is 22.6 Å². The molecule has 0 bridgehead atoms. The second-order valence-corrected chi connectivity index (χ2v) is 10.1. The Morgan fingerprint density at radius 1 is 0.435 bits per heavy atom. The fourth-order valence-corrected chi connectivity index (χ4v) is 4.70. The molecule has 0 radical (unpaired) electrons. The molecule has 228 valence electrons. The van der Waals surface area contributed by atoms with Crippen LogP contribution in [0.3, 0.4) is 0 Å². The van der Waals surface area contributed by atoms with Gasteiger partial charge in [-0.3, -0.25) is 9.98 Å². The number of aliphatic imine (C=N–C) groups is 2. The van der Waals surface area contributed by atoms with Crippen molar-refractivity contribution in [2.45, 2.75) is 13.1 Å². The fraction of sp³-hybridized carbons (Fsp3) is 0.0500. The first kappa shape index (κ1) is 33.4. The van der Waals surface area contributed by atoms with E-state index < -0.39 is 0 Å². The number of rotatable bonds is 8. The second-order valence-electron chi connectivity index (χ2n) is 10.1. The molecule has 5 nitrogen and oxygen atoms in total. The minimum absolute atomic E-state index is 0.269. The van der Waals surface area contributed by atoms with Crippen LogP contribution in [0.5, 0.6) is 11.5 Å². The van der Waals surface area contributed by atoms with Crippen molar-refractivity contribution in [2.75, 3.05) is 0 Å². The summed E-state index contributed by atoms with van der Waals surface area (Å²) < 4.78 is 6.81. The van der Waals surface area contributed by atoms with Crippen LogP contribution in [0.15, 0.2) is 168 Å². The van der Waals surface area contributed by atoms with E-state index >= 15 is 0 Å². The van der Waals surface area contributed by atoms with Gasteiger partial charge in [0, 0.05) is 34.7 Å². The van der Waals surface area contributed by atoms with Crippen molar-refractivity contribution in [1.82, 2.24) is 0 Å². The molecule has 0 heterocycles. The van der Waals surface area contributed by atoms with Gasteiger partial charge in [-0.2, -0.15) is 0 Å². The third kappa shape index (κ3) is 9.75. The summed E-state index contributed by atoms with van der Waals surface area (Å²) in [5.41, 5.74) is 7.41. The molecule has 0 unspecified atom stereocenters. The molecule has 6 heteroatoms. The topological polar surface area (TPSA) is 89.0 Å². The van der Waals surface area contributed by atoms with Gasteiger partial charge in [-0.25, -0.2) is 0 Å².